The molecule has 0 saturated carbocycles. The summed E-state index contributed by atoms with van der Waals surface area (Å²) in [5.74, 6) is 0. The smallest absolute Gasteiger partial charge is 0.186 e. The standard InChI is InChI=1S/C13H14ClN5S/c1-9-11(8-16-17-13(20)15-2)12(14)18-19(9)10-6-4-3-5-7-10/h3-8H,1-2H3,(H2,15,17,20). The molecule has 104 valence electrons. The van der Waals surface area contributed by atoms with Crippen molar-refractivity contribution >= 4 is 35.1 Å². The molecule has 0 aliphatic carbocycles. The number of benzene rings is 1. The van der Waals surface area contributed by atoms with Crippen LogP contribution in [0.15, 0.2) is 35.4 Å². The number of rotatable bonds is 3. The maximum Gasteiger partial charge on any atom is 0.186 e. The van der Waals surface area contributed by atoms with Crippen LogP contribution in [0.2, 0.25) is 5.15 Å². The van der Waals surface area contributed by atoms with Crippen molar-refractivity contribution in [2.45, 2.75) is 6.92 Å². The van der Waals surface area contributed by atoms with Crippen LogP contribution in [0.4, 0.5) is 0 Å². The van der Waals surface area contributed by atoms with Gasteiger partial charge in [-0.2, -0.15) is 10.2 Å². The Hall–Kier alpha value is -1.92. The van der Waals surface area contributed by atoms with Gasteiger partial charge in [0.15, 0.2) is 10.3 Å². The zero-order valence-corrected chi connectivity index (χ0v) is 12.7. The summed E-state index contributed by atoms with van der Waals surface area (Å²) in [6.07, 6.45) is 1.60. The van der Waals surface area contributed by atoms with Crippen LogP contribution in [-0.2, 0) is 0 Å². The summed E-state index contributed by atoms with van der Waals surface area (Å²) in [6.45, 7) is 1.93. The van der Waals surface area contributed by atoms with Crippen molar-refractivity contribution < 1.29 is 0 Å². The molecule has 0 fully saturated rings. The summed E-state index contributed by atoms with van der Waals surface area (Å²) in [5, 5.41) is 11.9. The van der Waals surface area contributed by atoms with Crippen LogP contribution in [0.25, 0.3) is 5.69 Å². The van der Waals surface area contributed by atoms with E-state index in [1.165, 1.54) is 0 Å². The van der Waals surface area contributed by atoms with Gasteiger partial charge in [-0.25, -0.2) is 4.68 Å². The minimum atomic E-state index is 0.396. The van der Waals surface area contributed by atoms with Crippen LogP contribution in [0.5, 0.6) is 0 Å². The Kier molecular flexibility index (Phi) is 4.70. The Labute approximate surface area is 127 Å². The molecule has 0 radical (unpaired) electrons. The number of hydrogen-bond donors (Lipinski definition) is 2. The first-order valence-electron chi connectivity index (χ1n) is 5.95. The van der Waals surface area contributed by atoms with Crippen molar-refractivity contribution in [3.63, 3.8) is 0 Å². The Balaban J connectivity index is 2.28. The maximum absolute atomic E-state index is 6.15. The van der Waals surface area contributed by atoms with E-state index in [2.05, 4.69) is 20.9 Å². The lowest BCUT2D eigenvalue weighted by Crippen LogP contribution is -2.28. The van der Waals surface area contributed by atoms with E-state index >= 15 is 0 Å². The zero-order valence-electron chi connectivity index (χ0n) is 11.1. The van der Waals surface area contributed by atoms with Crippen molar-refractivity contribution in [1.29, 1.82) is 0 Å². The van der Waals surface area contributed by atoms with Crippen molar-refractivity contribution in [3.8, 4) is 5.69 Å². The number of nitrogens with one attached hydrogen (secondary N) is 2. The van der Waals surface area contributed by atoms with Gasteiger partial charge in [0.2, 0.25) is 0 Å². The van der Waals surface area contributed by atoms with E-state index in [1.54, 1.807) is 17.9 Å². The molecule has 0 saturated heterocycles. The van der Waals surface area contributed by atoms with Gasteiger partial charge in [0.05, 0.1) is 23.2 Å². The average molecular weight is 308 g/mol. The maximum atomic E-state index is 6.15. The summed E-state index contributed by atoms with van der Waals surface area (Å²) in [6, 6.07) is 9.78. The molecule has 2 N–H and O–H groups in total. The van der Waals surface area contributed by atoms with Crippen LogP contribution in [0.3, 0.4) is 0 Å². The summed E-state index contributed by atoms with van der Waals surface area (Å²) < 4.78 is 1.78. The van der Waals surface area contributed by atoms with Gasteiger partial charge >= 0.3 is 0 Å². The van der Waals surface area contributed by atoms with Gasteiger partial charge in [-0.3, -0.25) is 5.43 Å². The number of hydrazone groups is 1. The van der Waals surface area contributed by atoms with E-state index in [9.17, 15) is 0 Å². The van der Waals surface area contributed by atoms with Crippen LogP contribution < -0.4 is 10.7 Å². The van der Waals surface area contributed by atoms with E-state index in [1.807, 2.05) is 37.3 Å². The van der Waals surface area contributed by atoms with Crippen molar-refractivity contribution in [1.82, 2.24) is 20.5 Å². The molecule has 2 aromatic rings. The predicted molar refractivity (Wildman–Crippen MR) is 85.7 cm³/mol. The van der Waals surface area contributed by atoms with Crippen molar-refractivity contribution in [2.75, 3.05) is 7.05 Å². The summed E-state index contributed by atoms with van der Waals surface area (Å²) in [7, 11) is 1.72. The molecule has 0 aliphatic rings. The van der Waals surface area contributed by atoms with Crippen LogP contribution in [0.1, 0.15) is 11.3 Å². The largest absolute Gasteiger partial charge is 0.364 e. The molecule has 0 amide bonds. The van der Waals surface area contributed by atoms with Gasteiger partial charge in [-0.05, 0) is 31.3 Å². The second kappa shape index (κ2) is 6.49. The van der Waals surface area contributed by atoms with Crippen molar-refractivity contribution in [3.05, 3.63) is 46.7 Å². The molecule has 5 nitrogen and oxygen atoms in total. The number of para-hydroxylation sites is 1. The summed E-state index contributed by atoms with van der Waals surface area (Å²) >= 11 is 11.1. The van der Waals surface area contributed by atoms with Gasteiger partial charge in [-0.15, -0.1) is 0 Å². The highest BCUT2D eigenvalue weighted by Crippen LogP contribution is 2.20. The highest BCUT2D eigenvalue weighted by molar-refractivity contribution is 7.80. The lowest BCUT2D eigenvalue weighted by Gasteiger charge is -2.03. The molecule has 0 aliphatic heterocycles. The highest BCUT2D eigenvalue weighted by atomic mass is 35.5. The van der Waals surface area contributed by atoms with Crippen molar-refractivity contribution in [2.24, 2.45) is 5.10 Å². The van der Waals surface area contributed by atoms with Gasteiger partial charge < -0.3 is 5.32 Å². The van der Waals surface area contributed by atoms with E-state index in [0.29, 0.717) is 10.3 Å². The third kappa shape index (κ3) is 3.15. The van der Waals surface area contributed by atoms with Gasteiger partial charge in [0, 0.05) is 7.05 Å². The highest BCUT2D eigenvalue weighted by Gasteiger charge is 2.12. The Bertz CT molecular complexity index is 636. The molecule has 0 bridgehead atoms. The Morgan fingerprint density at radius 1 is 1.40 bits per heavy atom. The molecule has 2 rings (SSSR count). The van der Waals surface area contributed by atoms with E-state index in [0.717, 1.165) is 16.9 Å². The first kappa shape index (κ1) is 14.5. The molecule has 0 atom stereocenters. The molecular weight excluding hydrogens is 294 g/mol. The normalized spacial score (nSPS) is 10.8. The SMILES string of the molecule is CNC(=S)NN=Cc1c(Cl)nn(-c2ccccc2)c1C. The lowest BCUT2D eigenvalue weighted by molar-refractivity contribution is 0.847. The fraction of sp³-hybridized carbons (Fsp3) is 0.154. The summed E-state index contributed by atoms with van der Waals surface area (Å²) in [4.78, 5) is 0. The Morgan fingerprint density at radius 3 is 2.75 bits per heavy atom. The van der Waals surface area contributed by atoms with Gasteiger partial charge in [0.1, 0.15) is 0 Å². The minimum absolute atomic E-state index is 0.396. The molecule has 0 spiro atoms. The third-order valence-electron chi connectivity index (χ3n) is 2.71. The second-order valence-electron chi connectivity index (χ2n) is 3.99. The molecule has 1 heterocycles. The van der Waals surface area contributed by atoms with Crippen LogP contribution in [-0.4, -0.2) is 28.2 Å². The fourth-order valence-corrected chi connectivity index (χ4v) is 1.97. The number of hydrogen-bond acceptors (Lipinski definition) is 3. The second-order valence-corrected chi connectivity index (χ2v) is 4.75. The molecule has 0 unspecified atom stereocenters. The average Bonchev–Trinajstić information content (AvgIpc) is 2.75. The molecular formula is C13H14ClN5S. The van der Waals surface area contributed by atoms with Crippen LogP contribution in [0, 0.1) is 6.92 Å². The Morgan fingerprint density at radius 2 is 2.10 bits per heavy atom. The first-order chi connectivity index (χ1) is 9.63. The quantitative estimate of drug-likeness (QED) is 0.519. The first-order valence-corrected chi connectivity index (χ1v) is 6.73. The molecule has 1 aromatic heterocycles. The van der Waals surface area contributed by atoms with Gasteiger partial charge in [-0.1, -0.05) is 29.8 Å². The van der Waals surface area contributed by atoms with E-state index in [-0.39, 0.29) is 0 Å². The topological polar surface area (TPSA) is 54.2 Å². The molecule has 7 heteroatoms. The number of thiocarbonyl (C=S) groups is 1. The molecule has 1 aromatic carbocycles. The van der Waals surface area contributed by atoms with E-state index in [4.69, 9.17) is 23.8 Å². The molecule has 20 heavy (non-hydrogen) atoms. The number of nitrogens with zero attached hydrogens (tertiary/aromatic N) is 3. The number of halogens is 1. The fourth-order valence-electron chi connectivity index (χ4n) is 1.66. The van der Waals surface area contributed by atoms with E-state index < -0.39 is 0 Å². The summed E-state index contributed by atoms with van der Waals surface area (Å²) in [5.41, 5.74) is 5.28. The lowest BCUT2D eigenvalue weighted by atomic mass is 10.2. The third-order valence-corrected chi connectivity index (χ3v) is 3.28. The van der Waals surface area contributed by atoms with Gasteiger partial charge in [0.25, 0.3) is 0 Å². The predicted octanol–water partition coefficient (Wildman–Crippen LogP) is 2.26. The number of aromatic nitrogens is 2. The monoisotopic (exact) mass is 307 g/mol. The van der Waals surface area contributed by atoms with Crippen LogP contribution >= 0.6 is 23.8 Å². The minimum Gasteiger partial charge on any atom is -0.364 e. The zero-order chi connectivity index (χ0) is 14.5.